The molecule has 2 aromatic heterocycles. The molecule has 1 amide bonds. The van der Waals surface area contributed by atoms with Crippen LogP contribution in [0.25, 0.3) is 10.2 Å². The zero-order valence-corrected chi connectivity index (χ0v) is 16.5. The molecular formula is C19H28N6OS. The number of piperazine rings is 1. The summed E-state index contributed by atoms with van der Waals surface area (Å²) in [6, 6.07) is 2.08. The van der Waals surface area contributed by atoms with Crippen LogP contribution in [0.1, 0.15) is 19.3 Å². The van der Waals surface area contributed by atoms with Crippen molar-refractivity contribution in [2.75, 3.05) is 57.3 Å². The Morgan fingerprint density at radius 2 is 2.19 bits per heavy atom. The van der Waals surface area contributed by atoms with E-state index < -0.39 is 0 Å². The molecule has 2 aromatic rings. The Balaban J connectivity index is 1.27. The number of nitrogens with one attached hydrogen (secondary N) is 2. The molecule has 2 N–H and O–H groups in total. The Labute approximate surface area is 164 Å². The van der Waals surface area contributed by atoms with Crippen LogP contribution < -0.4 is 15.5 Å². The third-order valence-corrected chi connectivity index (χ3v) is 6.31. The largest absolute Gasteiger partial charge is 0.356 e. The fourth-order valence-corrected chi connectivity index (χ4v) is 4.73. The molecule has 0 aliphatic carbocycles. The second-order valence-corrected chi connectivity index (χ2v) is 8.25. The Morgan fingerprint density at radius 3 is 3.07 bits per heavy atom. The highest BCUT2D eigenvalue weighted by atomic mass is 32.1. The molecule has 2 saturated heterocycles. The van der Waals surface area contributed by atoms with Gasteiger partial charge in [-0.15, -0.1) is 11.3 Å². The zero-order valence-electron chi connectivity index (χ0n) is 15.7. The van der Waals surface area contributed by atoms with E-state index in [0.717, 1.165) is 87.7 Å². The number of rotatable bonds is 6. The molecule has 1 unspecified atom stereocenters. The van der Waals surface area contributed by atoms with E-state index in [0.29, 0.717) is 0 Å². The van der Waals surface area contributed by atoms with E-state index in [1.54, 1.807) is 17.7 Å². The third-order valence-electron chi connectivity index (χ3n) is 5.49. The fraction of sp³-hybridized carbons (Fsp3) is 0.632. The van der Waals surface area contributed by atoms with Crippen LogP contribution in [0.3, 0.4) is 0 Å². The second-order valence-electron chi connectivity index (χ2n) is 7.36. The summed E-state index contributed by atoms with van der Waals surface area (Å²) in [6.45, 7) is 7.90. The van der Waals surface area contributed by atoms with Gasteiger partial charge in [-0.3, -0.25) is 4.79 Å². The zero-order chi connectivity index (χ0) is 18.5. The molecule has 2 fully saturated rings. The lowest BCUT2D eigenvalue weighted by Gasteiger charge is -2.33. The summed E-state index contributed by atoms with van der Waals surface area (Å²) in [5.74, 6) is 1.20. The molecular weight excluding hydrogens is 360 g/mol. The highest BCUT2D eigenvalue weighted by Crippen LogP contribution is 2.29. The molecule has 0 aromatic carbocycles. The molecule has 7 nitrogen and oxygen atoms in total. The number of fused-ring (bicyclic) bond motifs is 1. The lowest BCUT2D eigenvalue weighted by atomic mass is 9.97. The van der Waals surface area contributed by atoms with E-state index in [2.05, 4.69) is 41.8 Å². The van der Waals surface area contributed by atoms with Crippen molar-refractivity contribution in [2.45, 2.75) is 19.3 Å². The SMILES string of the molecule is O=C(NCCCN1CCNCC1)C1CCCN(c2ncnc3sccc23)C1. The van der Waals surface area contributed by atoms with Crippen LogP contribution in [0.15, 0.2) is 17.8 Å². The fourth-order valence-electron chi connectivity index (χ4n) is 4.01. The monoisotopic (exact) mass is 388 g/mol. The number of carbonyl (C=O) groups is 1. The molecule has 2 aliphatic heterocycles. The Morgan fingerprint density at radius 1 is 1.30 bits per heavy atom. The minimum Gasteiger partial charge on any atom is -0.356 e. The predicted molar refractivity (Wildman–Crippen MR) is 109 cm³/mol. The van der Waals surface area contributed by atoms with E-state index in [9.17, 15) is 4.79 Å². The molecule has 27 heavy (non-hydrogen) atoms. The van der Waals surface area contributed by atoms with Gasteiger partial charge in [0, 0.05) is 45.8 Å². The minimum atomic E-state index is 0.0431. The van der Waals surface area contributed by atoms with Crippen LogP contribution in [-0.4, -0.2) is 73.1 Å². The first-order valence-electron chi connectivity index (χ1n) is 9.95. The summed E-state index contributed by atoms with van der Waals surface area (Å²) < 4.78 is 0. The van der Waals surface area contributed by atoms with Crippen molar-refractivity contribution >= 4 is 33.3 Å². The number of hydrogen-bond acceptors (Lipinski definition) is 7. The van der Waals surface area contributed by atoms with E-state index in [1.807, 2.05) is 0 Å². The minimum absolute atomic E-state index is 0.0431. The number of aromatic nitrogens is 2. The Kier molecular flexibility index (Phi) is 6.16. The van der Waals surface area contributed by atoms with Crippen molar-refractivity contribution in [3.63, 3.8) is 0 Å². The van der Waals surface area contributed by atoms with Crippen molar-refractivity contribution in [1.29, 1.82) is 0 Å². The summed E-state index contributed by atoms with van der Waals surface area (Å²) >= 11 is 1.63. The van der Waals surface area contributed by atoms with E-state index in [-0.39, 0.29) is 11.8 Å². The summed E-state index contributed by atoms with van der Waals surface area (Å²) in [7, 11) is 0. The lowest BCUT2D eigenvalue weighted by molar-refractivity contribution is -0.125. The van der Waals surface area contributed by atoms with Crippen LogP contribution in [0.2, 0.25) is 0 Å². The van der Waals surface area contributed by atoms with Crippen molar-refractivity contribution in [3.8, 4) is 0 Å². The van der Waals surface area contributed by atoms with Gasteiger partial charge in [-0.2, -0.15) is 0 Å². The van der Waals surface area contributed by atoms with Gasteiger partial charge in [0.25, 0.3) is 0 Å². The van der Waals surface area contributed by atoms with Crippen molar-refractivity contribution in [2.24, 2.45) is 5.92 Å². The maximum Gasteiger partial charge on any atom is 0.224 e. The van der Waals surface area contributed by atoms with Gasteiger partial charge < -0.3 is 20.4 Å². The highest BCUT2D eigenvalue weighted by molar-refractivity contribution is 7.16. The first-order chi connectivity index (χ1) is 13.3. The average Bonchev–Trinajstić information content (AvgIpc) is 3.21. The summed E-state index contributed by atoms with van der Waals surface area (Å²) in [5.41, 5.74) is 0. The molecule has 0 bridgehead atoms. The van der Waals surface area contributed by atoms with E-state index in [4.69, 9.17) is 0 Å². The van der Waals surface area contributed by atoms with Gasteiger partial charge >= 0.3 is 0 Å². The molecule has 4 rings (SSSR count). The molecule has 1 atom stereocenters. The van der Waals surface area contributed by atoms with Crippen LogP contribution >= 0.6 is 11.3 Å². The van der Waals surface area contributed by atoms with Gasteiger partial charge in [0.2, 0.25) is 5.91 Å². The number of amides is 1. The summed E-state index contributed by atoms with van der Waals surface area (Å²) in [6.07, 6.45) is 4.63. The van der Waals surface area contributed by atoms with Gasteiger partial charge in [0.1, 0.15) is 17.0 Å². The lowest BCUT2D eigenvalue weighted by Crippen LogP contribution is -2.45. The third kappa shape index (κ3) is 4.56. The number of anilines is 1. The topological polar surface area (TPSA) is 73.4 Å². The first kappa shape index (κ1) is 18.6. The Hall–Kier alpha value is -1.77. The molecule has 0 radical (unpaired) electrons. The van der Waals surface area contributed by atoms with Crippen molar-refractivity contribution in [1.82, 2.24) is 25.5 Å². The normalized spacial score (nSPS) is 21.5. The van der Waals surface area contributed by atoms with Crippen LogP contribution in [-0.2, 0) is 4.79 Å². The number of nitrogens with zero attached hydrogens (tertiary/aromatic N) is 4. The number of piperidine rings is 1. The van der Waals surface area contributed by atoms with Gasteiger partial charge in [-0.1, -0.05) is 0 Å². The van der Waals surface area contributed by atoms with Crippen molar-refractivity contribution < 1.29 is 4.79 Å². The van der Waals surface area contributed by atoms with Gasteiger partial charge in [-0.25, -0.2) is 9.97 Å². The second kappa shape index (κ2) is 8.95. The van der Waals surface area contributed by atoms with Crippen LogP contribution in [0, 0.1) is 5.92 Å². The average molecular weight is 389 g/mol. The molecule has 8 heteroatoms. The van der Waals surface area contributed by atoms with E-state index >= 15 is 0 Å². The van der Waals surface area contributed by atoms with Gasteiger partial charge in [0.05, 0.1) is 11.3 Å². The molecule has 4 heterocycles. The number of hydrogen-bond donors (Lipinski definition) is 2. The number of thiophene rings is 1. The maximum atomic E-state index is 12.6. The number of carbonyl (C=O) groups excluding carboxylic acids is 1. The first-order valence-corrected chi connectivity index (χ1v) is 10.8. The van der Waals surface area contributed by atoms with Crippen molar-refractivity contribution in [3.05, 3.63) is 17.8 Å². The highest BCUT2D eigenvalue weighted by Gasteiger charge is 2.27. The Bertz CT molecular complexity index is 759. The predicted octanol–water partition coefficient (Wildman–Crippen LogP) is 1.32. The molecule has 0 spiro atoms. The molecule has 2 aliphatic rings. The van der Waals surface area contributed by atoms with E-state index in [1.165, 1.54) is 0 Å². The standard InChI is InChI=1S/C19H28N6OS/c26-18(21-5-2-8-24-10-6-20-7-11-24)15-3-1-9-25(13-15)17-16-4-12-27-19(16)23-14-22-17/h4,12,14-15,20H,1-3,5-11,13H2,(H,21,26). The molecule has 0 saturated carbocycles. The van der Waals surface area contributed by atoms with Crippen LogP contribution in [0.5, 0.6) is 0 Å². The quantitative estimate of drug-likeness (QED) is 0.727. The maximum absolute atomic E-state index is 12.6. The van der Waals surface area contributed by atoms with Crippen LogP contribution in [0.4, 0.5) is 5.82 Å². The van der Waals surface area contributed by atoms with Gasteiger partial charge in [0.15, 0.2) is 0 Å². The smallest absolute Gasteiger partial charge is 0.224 e. The van der Waals surface area contributed by atoms with Gasteiger partial charge in [-0.05, 0) is 37.3 Å². The molecule has 146 valence electrons. The summed E-state index contributed by atoms with van der Waals surface area (Å²) in [5, 5.41) is 9.67. The summed E-state index contributed by atoms with van der Waals surface area (Å²) in [4.78, 5) is 27.2.